The second-order valence-electron chi connectivity index (χ2n) is 3.05. The van der Waals surface area contributed by atoms with Crippen LogP contribution in [0.3, 0.4) is 0 Å². The molecule has 69 valence electrons. The highest BCUT2D eigenvalue weighted by molar-refractivity contribution is 6.07. The van der Waals surface area contributed by atoms with Crippen LogP contribution in [-0.4, -0.2) is 10.8 Å². The van der Waals surface area contributed by atoms with Crippen molar-refractivity contribution in [1.29, 1.82) is 0 Å². The standard InChI is InChI=1S/C12H10NO/c1-2-12(14)10-7-8-13-11-6-4-3-5-9(10)11/h3-8H,1-2H2. The maximum absolute atomic E-state index is 11.5. The number of nitrogens with zero attached hydrogens (tertiary/aromatic N) is 1. The van der Waals surface area contributed by atoms with Crippen LogP contribution in [0, 0.1) is 6.92 Å². The Morgan fingerprint density at radius 2 is 2.07 bits per heavy atom. The Bertz CT molecular complexity index is 471. The molecular weight excluding hydrogens is 174 g/mol. The lowest BCUT2D eigenvalue weighted by molar-refractivity contribution is 0.0996. The van der Waals surface area contributed by atoms with Gasteiger partial charge in [-0.3, -0.25) is 9.78 Å². The first-order valence-electron chi connectivity index (χ1n) is 4.49. The highest BCUT2D eigenvalue weighted by Gasteiger charge is 2.07. The number of Topliss-reactive ketones (excluding diaryl/α,β-unsaturated/α-hetero) is 1. The van der Waals surface area contributed by atoms with E-state index in [2.05, 4.69) is 11.9 Å². The Labute approximate surface area is 82.6 Å². The van der Waals surface area contributed by atoms with Gasteiger partial charge in [0.2, 0.25) is 0 Å². The molecule has 0 N–H and O–H groups in total. The van der Waals surface area contributed by atoms with Crippen molar-refractivity contribution < 1.29 is 4.79 Å². The monoisotopic (exact) mass is 184 g/mol. The fraction of sp³-hybridized carbons (Fsp3) is 0.0833. The Morgan fingerprint density at radius 1 is 1.29 bits per heavy atom. The number of pyridine rings is 1. The van der Waals surface area contributed by atoms with E-state index in [1.807, 2.05) is 24.3 Å². The van der Waals surface area contributed by atoms with Gasteiger partial charge < -0.3 is 0 Å². The number of para-hydroxylation sites is 1. The highest BCUT2D eigenvalue weighted by atomic mass is 16.1. The second-order valence-corrected chi connectivity index (χ2v) is 3.05. The summed E-state index contributed by atoms with van der Waals surface area (Å²) in [6.45, 7) is 3.60. The van der Waals surface area contributed by atoms with Gasteiger partial charge in [-0.15, -0.1) is 0 Å². The lowest BCUT2D eigenvalue weighted by Gasteiger charge is -2.02. The molecule has 2 rings (SSSR count). The number of hydrogen-bond donors (Lipinski definition) is 0. The first kappa shape index (κ1) is 8.88. The van der Waals surface area contributed by atoms with Crippen LogP contribution in [0.15, 0.2) is 36.5 Å². The molecule has 1 aromatic heterocycles. The molecule has 0 saturated carbocycles. The van der Waals surface area contributed by atoms with Crippen LogP contribution in [-0.2, 0) is 0 Å². The zero-order chi connectivity index (χ0) is 9.97. The average Bonchev–Trinajstić information content (AvgIpc) is 2.27. The molecule has 0 aliphatic carbocycles. The molecule has 0 atom stereocenters. The van der Waals surface area contributed by atoms with Crippen LogP contribution in [0.25, 0.3) is 10.9 Å². The fourth-order valence-electron chi connectivity index (χ4n) is 1.47. The summed E-state index contributed by atoms with van der Waals surface area (Å²) >= 11 is 0. The van der Waals surface area contributed by atoms with Crippen LogP contribution in [0.5, 0.6) is 0 Å². The Balaban J connectivity index is 2.71. The van der Waals surface area contributed by atoms with Crippen molar-refractivity contribution in [2.75, 3.05) is 0 Å². The van der Waals surface area contributed by atoms with Gasteiger partial charge in [0.1, 0.15) is 0 Å². The van der Waals surface area contributed by atoms with Gasteiger partial charge in [-0.25, -0.2) is 0 Å². The molecule has 0 fully saturated rings. The van der Waals surface area contributed by atoms with E-state index in [1.165, 1.54) is 0 Å². The first-order chi connectivity index (χ1) is 6.83. The van der Waals surface area contributed by atoms with Crippen LogP contribution < -0.4 is 0 Å². The van der Waals surface area contributed by atoms with Gasteiger partial charge in [-0.1, -0.05) is 18.2 Å². The van der Waals surface area contributed by atoms with Crippen molar-refractivity contribution in [3.63, 3.8) is 0 Å². The normalized spacial score (nSPS) is 10.4. The van der Waals surface area contributed by atoms with E-state index in [1.54, 1.807) is 12.3 Å². The van der Waals surface area contributed by atoms with Gasteiger partial charge in [0, 0.05) is 23.6 Å². The number of ketones is 1. The summed E-state index contributed by atoms with van der Waals surface area (Å²) in [4.78, 5) is 15.7. The van der Waals surface area contributed by atoms with Gasteiger partial charge in [0.15, 0.2) is 5.78 Å². The van der Waals surface area contributed by atoms with Crippen molar-refractivity contribution in [2.45, 2.75) is 6.42 Å². The first-order valence-corrected chi connectivity index (χ1v) is 4.49. The molecule has 0 aliphatic rings. The minimum absolute atomic E-state index is 0.0589. The zero-order valence-electron chi connectivity index (χ0n) is 7.73. The molecule has 14 heavy (non-hydrogen) atoms. The van der Waals surface area contributed by atoms with E-state index in [0.29, 0.717) is 5.56 Å². The van der Waals surface area contributed by atoms with Crippen molar-refractivity contribution >= 4 is 16.7 Å². The van der Waals surface area contributed by atoms with E-state index < -0.39 is 0 Å². The predicted octanol–water partition coefficient (Wildman–Crippen LogP) is 2.64. The molecule has 2 nitrogen and oxygen atoms in total. The molecule has 2 heteroatoms. The number of carbonyl (C=O) groups is 1. The Kier molecular flexibility index (Phi) is 2.27. The molecule has 0 amide bonds. The quantitative estimate of drug-likeness (QED) is 0.671. The average molecular weight is 184 g/mol. The van der Waals surface area contributed by atoms with Gasteiger partial charge in [-0.05, 0) is 19.1 Å². The van der Waals surface area contributed by atoms with Crippen molar-refractivity contribution in [3.05, 3.63) is 49.0 Å². The minimum atomic E-state index is 0.0589. The number of hydrogen-bond acceptors (Lipinski definition) is 2. The number of benzene rings is 1. The van der Waals surface area contributed by atoms with Gasteiger partial charge in [0.25, 0.3) is 0 Å². The van der Waals surface area contributed by atoms with Gasteiger partial charge >= 0.3 is 0 Å². The summed E-state index contributed by atoms with van der Waals surface area (Å²) in [6.07, 6.45) is 1.94. The summed E-state index contributed by atoms with van der Waals surface area (Å²) in [5, 5.41) is 0.906. The maximum Gasteiger partial charge on any atom is 0.163 e. The zero-order valence-corrected chi connectivity index (χ0v) is 7.73. The van der Waals surface area contributed by atoms with E-state index in [0.717, 1.165) is 10.9 Å². The minimum Gasteiger partial charge on any atom is -0.294 e. The second kappa shape index (κ2) is 3.58. The largest absolute Gasteiger partial charge is 0.294 e. The molecule has 0 saturated heterocycles. The Morgan fingerprint density at radius 3 is 2.86 bits per heavy atom. The third-order valence-corrected chi connectivity index (χ3v) is 2.18. The summed E-state index contributed by atoms with van der Waals surface area (Å²) in [5.41, 5.74) is 1.57. The molecule has 0 aliphatic heterocycles. The van der Waals surface area contributed by atoms with Crippen LogP contribution in [0.2, 0.25) is 0 Å². The van der Waals surface area contributed by atoms with Crippen molar-refractivity contribution in [1.82, 2.24) is 4.98 Å². The van der Waals surface area contributed by atoms with Crippen molar-refractivity contribution in [2.24, 2.45) is 0 Å². The topological polar surface area (TPSA) is 30.0 Å². The molecule has 2 aromatic rings. The number of aromatic nitrogens is 1. The molecule has 1 aromatic carbocycles. The van der Waals surface area contributed by atoms with E-state index in [-0.39, 0.29) is 12.2 Å². The SMILES string of the molecule is [CH2]CC(=O)c1ccnc2ccccc12. The van der Waals surface area contributed by atoms with Crippen LogP contribution in [0.4, 0.5) is 0 Å². The van der Waals surface area contributed by atoms with Gasteiger partial charge in [0.05, 0.1) is 5.52 Å². The lowest BCUT2D eigenvalue weighted by Crippen LogP contribution is -1.98. The third-order valence-electron chi connectivity index (χ3n) is 2.18. The summed E-state index contributed by atoms with van der Waals surface area (Å²) in [6, 6.07) is 9.37. The summed E-state index contributed by atoms with van der Waals surface area (Å²) in [7, 11) is 0. The maximum atomic E-state index is 11.5. The van der Waals surface area contributed by atoms with E-state index >= 15 is 0 Å². The van der Waals surface area contributed by atoms with Gasteiger partial charge in [-0.2, -0.15) is 0 Å². The van der Waals surface area contributed by atoms with Crippen LogP contribution >= 0.6 is 0 Å². The summed E-state index contributed by atoms with van der Waals surface area (Å²) < 4.78 is 0. The number of rotatable bonds is 2. The lowest BCUT2D eigenvalue weighted by atomic mass is 10.0. The van der Waals surface area contributed by atoms with E-state index in [9.17, 15) is 4.79 Å². The molecule has 1 heterocycles. The number of carbonyl (C=O) groups excluding carboxylic acids is 1. The summed E-state index contributed by atoms with van der Waals surface area (Å²) in [5.74, 6) is 0.0589. The third kappa shape index (κ3) is 1.39. The van der Waals surface area contributed by atoms with Crippen molar-refractivity contribution in [3.8, 4) is 0 Å². The molecular formula is C12H10NO. The molecule has 0 spiro atoms. The fourth-order valence-corrected chi connectivity index (χ4v) is 1.47. The smallest absolute Gasteiger partial charge is 0.163 e. The van der Waals surface area contributed by atoms with E-state index in [4.69, 9.17) is 0 Å². The molecule has 0 bridgehead atoms. The Hall–Kier alpha value is -1.70. The predicted molar refractivity (Wildman–Crippen MR) is 56.0 cm³/mol. The van der Waals surface area contributed by atoms with Crippen LogP contribution in [0.1, 0.15) is 16.8 Å². The molecule has 0 unspecified atom stereocenters. The highest BCUT2D eigenvalue weighted by Crippen LogP contribution is 2.17. The number of fused-ring (bicyclic) bond motifs is 1. The molecule has 1 radical (unpaired) electrons.